The van der Waals surface area contributed by atoms with Gasteiger partial charge in [0.2, 0.25) is 0 Å². The number of pyridine rings is 2. The third kappa shape index (κ3) is 4.60. The van der Waals surface area contributed by atoms with Crippen LogP contribution in [-0.2, 0) is 6.54 Å². The first-order valence-electron chi connectivity index (χ1n) is 12.7. The fourth-order valence-electron chi connectivity index (χ4n) is 5.34. The van der Waals surface area contributed by atoms with Gasteiger partial charge in [0, 0.05) is 23.9 Å². The summed E-state index contributed by atoms with van der Waals surface area (Å²) in [6.07, 6.45) is 4.08. The van der Waals surface area contributed by atoms with Crippen molar-refractivity contribution >= 4 is 10.9 Å². The van der Waals surface area contributed by atoms with Crippen molar-refractivity contribution in [1.29, 1.82) is 0 Å². The molecule has 0 bridgehead atoms. The molecular weight excluding hydrogens is 442 g/mol. The molecule has 4 nitrogen and oxygen atoms in total. The minimum atomic E-state index is -0.116. The van der Waals surface area contributed by atoms with Gasteiger partial charge in [-0.1, -0.05) is 84.9 Å². The number of fused-ring (bicyclic) bond motifs is 1. The van der Waals surface area contributed by atoms with Gasteiger partial charge in [-0.3, -0.25) is 9.69 Å². The van der Waals surface area contributed by atoms with Gasteiger partial charge < -0.3 is 4.98 Å². The second-order valence-electron chi connectivity index (χ2n) is 9.65. The Morgan fingerprint density at radius 3 is 2.22 bits per heavy atom. The molecule has 4 heteroatoms. The van der Waals surface area contributed by atoms with Gasteiger partial charge in [-0.2, -0.15) is 0 Å². The van der Waals surface area contributed by atoms with E-state index < -0.39 is 0 Å². The summed E-state index contributed by atoms with van der Waals surface area (Å²) in [5.74, 6) is 0.674. The first-order chi connectivity index (χ1) is 17.7. The Kier molecular flexibility index (Phi) is 6.18. The number of nitrogens with one attached hydrogen (secondary N) is 1. The molecule has 3 aromatic carbocycles. The van der Waals surface area contributed by atoms with Crippen LogP contribution in [0, 0.1) is 0 Å². The maximum absolute atomic E-state index is 12.4. The van der Waals surface area contributed by atoms with Crippen molar-refractivity contribution in [1.82, 2.24) is 14.9 Å². The molecule has 0 spiro atoms. The summed E-state index contributed by atoms with van der Waals surface area (Å²) in [4.78, 5) is 22.7. The Hall–Kier alpha value is -4.02. The van der Waals surface area contributed by atoms with Gasteiger partial charge in [0.15, 0.2) is 0 Å². The van der Waals surface area contributed by atoms with E-state index in [1.165, 1.54) is 24.0 Å². The average molecular weight is 472 g/mol. The van der Waals surface area contributed by atoms with Gasteiger partial charge in [0.05, 0.1) is 16.6 Å². The standard InChI is InChI=1S/C32H29N3O/c36-32-29-21-28(26-9-5-2-6-10-26)31(34-30(29)15-18-33-32)27-13-11-23(12-14-27)22-35-19-16-25(17-20-35)24-7-3-1-4-8-24/h1-15,18,21,25H,16-17,19-20,22H2,(H,33,36). The van der Waals surface area contributed by atoms with E-state index in [1.54, 1.807) is 6.20 Å². The normalized spacial score (nSPS) is 14.8. The highest BCUT2D eigenvalue weighted by atomic mass is 16.1. The molecular formula is C32H29N3O. The predicted octanol–water partition coefficient (Wildman–Crippen LogP) is 6.64. The van der Waals surface area contributed by atoms with E-state index in [0.717, 1.165) is 42.0 Å². The summed E-state index contributed by atoms with van der Waals surface area (Å²) in [5, 5.41) is 0.607. The monoisotopic (exact) mass is 471 g/mol. The molecule has 2 aromatic heterocycles. The van der Waals surface area contributed by atoms with Gasteiger partial charge in [0.1, 0.15) is 0 Å². The first-order valence-corrected chi connectivity index (χ1v) is 12.7. The average Bonchev–Trinajstić information content (AvgIpc) is 2.94. The van der Waals surface area contributed by atoms with Crippen LogP contribution in [0.3, 0.4) is 0 Å². The van der Waals surface area contributed by atoms with Crippen LogP contribution in [0.4, 0.5) is 0 Å². The summed E-state index contributed by atoms with van der Waals surface area (Å²) in [5.41, 5.74) is 7.35. The largest absolute Gasteiger partial charge is 0.328 e. The van der Waals surface area contributed by atoms with Crippen LogP contribution in [0.2, 0.25) is 0 Å². The molecule has 0 unspecified atom stereocenters. The summed E-state index contributed by atoms with van der Waals surface area (Å²) in [7, 11) is 0. The molecule has 3 heterocycles. The minimum absolute atomic E-state index is 0.116. The topological polar surface area (TPSA) is 49.0 Å². The Labute approximate surface area is 211 Å². The molecule has 36 heavy (non-hydrogen) atoms. The van der Waals surface area contributed by atoms with Crippen LogP contribution in [-0.4, -0.2) is 28.0 Å². The smallest absolute Gasteiger partial charge is 0.257 e. The number of hydrogen-bond acceptors (Lipinski definition) is 3. The molecule has 6 rings (SSSR count). The number of aromatic nitrogens is 2. The van der Waals surface area contributed by atoms with Crippen molar-refractivity contribution in [3.05, 3.63) is 125 Å². The van der Waals surface area contributed by atoms with Crippen LogP contribution in [0.25, 0.3) is 33.3 Å². The van der Waals surface area contributed by atoms with E-state index in [-0.39, 0.29) is 5.56 Å². The van der Waals surface area contributed by atoms with Crippen LogP contribution in [0.1, 0.15) is 29.9 Å². The number of benzene rings is 3. The molecule has 1 saturated heterocycles. The van der Waals surface area contributed by atoms with Crippen LogP contribution in [0.5, 0.6) is 0 Å². The van der Waals surface area contributed by atoms with Crippen molar-refractivity contribution < 1.29 is 0 Å². The van der Waals surface area contributed by atoms with Crippen LogP contribution >= 0.6 is 0 Å². The van der Waals surface area contributed by atoms with E-state index >= 15 is 0 Å². The third-order valence-electron chi connectivity index (χ3n) is 7.33. The third-order valence-corrected chi connectivity index (χ3v) is 7.33. The second-order valence-corrected chi connectivity index (χ2v) is 9.65. The number of piperidine rings is 1. The Bertz CT molecular complexity index is 1520. The SMILES string of the molecule is O=c1[nH]ccc2nc(-c3ccc(CN4CCC(c5ccccc5)CC4)cc3)c(-c3ccccc3)cc12. The molecule has 1 fully saturated rings. The molecule has 5 aromatic rings. The predicted molar refractivity (Wildman–Crippen MR) is 147 cm³/mol. The van der Waals surface area contributed by atoms with E-state index in [0.29, 0.717) is 16.8 Å². The molecule has 0 atom stereocenters. The molecule has 0 radical (unpaired) electrons. The van der Waals surface area contributed by atoms with Gasteiger partial charge in [-0.25, -0.2) is 4.98 Å². The molecule has 178 valence electrons. The van der Waals surface area contributed by atoms with Gasteiger partial charge in [-0.15, -0.1) is 0 Å². The number of aromatic amines is 1. The lowest BCUT2D eigenvalue weighted by molar-refractivity contribution is 0.204. The number of nitrogens with zero attached hydrogens (tertiary/aromatic N) is 2. The van der Waals surface area contributed by atoms with Crippen molar-refractivity contribution in [2.45, 2.75) is 25.3 Å². The summed E-state index contributed by atoms with van der Waals surface area (Å²) < 4.78 is 0. The number of hydrogen-bond donors (Lipinski definition) is 1. The van der Waals surface area contributed by atoms with Crippen LogP contribution < -0.4 is 5.56 Å². The van der Waals surface area contributed by atoms with Crippen molar-refractivity contribution in [2.24, 2.45) is 0 Å². The zero-order valence-electron chi connectivity index (χ0n) is 20.2. The zero-order valence-corrected chi connectivity index (χ0v) is 20.2. The quantitative estimate of drug-likeness (QED) is 0.313. The number of H-pyrrole nitrogens is 1. The van der Waals surface area contributed by atoms with E-state index in [9.17, 15) is 4.79 Å². The molecule has 1 aliphatic rings. The fraction of sp³-hybridized carbons (Fsp3) is 0.188. The first kappa shape index (κ1) is 22.4. The lowest BCUT2D eigenvalue weighted by Crippen LogP contribution is -2.32. The highest BCUT2D eigenvalue weighted by molar-refractivity contribution is 5.91. The van der Waals surface area contributed by atoms with Crippen molar-refractivity contribution in [2.75, 3.05) is 13.1 Å². The second kappa shape index (κ2) is 9.92. The summed E-state index contributed by atoms with van der Waals surface area (Å²) >= 11 is 0. The molecule has 0 saturated carbocycles. The minimum Gasteiger partial charge on any atom is -0.328 e. The molecule has 0 amide bonds. The van der Waals surface area contributed by atoms with Gasteiger partial charge in [0.25, 0.3) is 5.56 Å². The lowest BCUT2D eigenvalue weighted by atomic mass is 9.89. The molecule has 1 aliphatic heterocycles. The van der Waals surface area contributed by atoms with Crippen molar-refractivity contribution in [3.8, 4) is 22.4 Å². The Morgan fingerprint density at radius 2 is 1.50 bits per heavy atom. The molecule has 0 aliphatic carbocycles. The highest BCUT2D eigenvalue weighted by Gasteiger charge is 2.20. The fourth-order valence-corrected chi connectivity index (χ4v) is 5.34. The van der Waals surface area contributed by atoms with Gasteiger partial charge >= 0.3 is 0 Å². The number of rotatable bonds is 5. The maximum atomic E-state index is 12.4. The number of likely N-dealkylation sites (tertiary alicyclic amines) is 1. The van der Waals surface area contributed by atoms with E-state index in [4.69, 9.17) is 4.98 Å². The summed E-state index contributed by atoms with van der Waals surface area (Å²) in [6.45, 7) is 3.22. The van der Waals surface area contributed by atoms with Crippen molar-refractivity contribution in [3.63, 3.8) is 0 Å². The zero-order chi connectivity index (χ0) is 24.3. The highest BCUT2D eigenvalue weighted by Crippen LogP contribution is 2.33. The molecule has 1 N–H and O–H groups in total. The maximum Gasteiger partial charge on any atom is 0.257 e. The lowest BCUT2D eigenvalue weighted by Gasteiger charge is -2.32. The Morgan fingerprint density at radius 1 is 0.806 bits per heavy atom. The summed E-state index contributed by atoms with van der Waals surface area (Å²) in [6, 6.07) is 33.7. The van der Waals surface area contributed by atoms with Crippen LogP contribution in [0.15, 0.2) is 108 Å². The van der Waals surface area contributed by atoms with E-state index in [1.807, 2.05) is 30.3 Å². The van der Waals surface area contributed by atoms with E-state index in [2.05, 4.69) is 76.6 Å². The Balaban J connectivity index is 1.24. The van der Waals surface area contributed by atoms with Gasteiger partial charge in [-0.05, 0) is 60.7 Å².